The molecule has 190 valence electrons. The smallest absolute Gasteiger partial charge is 0.338 e. The Bertz CT molecular complexity index is 1280. The zero-order valence-electron chi connectivity index (χ0n) is 20.2. The molecule has 0 bridgehead atoms. The number of rotatable bonds is 11. The second-order valence-corrected chi connectivity index (χ2v) is 10.3. The van der Waals surface area contributed by atoms with E-state index < -0.39 is 34.3 Å². The highest BCUT2D eigenvalue weighted by Gasteiger charge is 2.27. The van der Waals surface area contributed by atoms with E-state index in [4.69, 9.17) is 4.74 Å². The fraction of sp³-hybridized carbons (Fsp3) is 0.259. The van der Waals surface area contributed by atoms with Crippen LogP contribution in [0.3, 0.4) is 0 Å². The molecule has 0 aliphatic carbocycles. The van der Waals surface area contributed by atoms with Gasteiger partial charge in [-0.2, -0.15) is 4.31 Å². The van der Waals surface area contributed by atoms with Crippen LogP contribution in [0.25, 0.3) is 0 Å². The van der Waals surface area contributed by atoms with E-state index in [1.807, 2.05) is 13.8 Å². The summed E-state index contributed by atoms with van der Waals surface area (Å²) in [7, 11) is -4.03. The number of carbonyl (C=O) groups is 2. The van der Waals surface area contributed by atoms with Crippen molar-refractivity contribution in [2.75, 3.05) is 18.5 Å². The zero-order chi connectivity index (χ0) is 26.1. The van der Waals surface area contributed by atoms with E-state index >= 15 is 0 Å². The first-order chi connectivity index (χ1) is 17.2. The summed E-state index contributed by atoms with van der Waals surface area (Å²) < 4.78 is 46.3. The first-order valence-corrected chi connectivity index (χ1v) is 13.0. The van der Waals surface area contributed by atoms with Crippen molar-refractivity contribution < 1.29 is 27.1 Å². The quantitative estimate of drug-likeness (QED) is 0.291. The van der Waals surface area contributed by atoms with Gasteiger partial charge in [-0.15, -0.1) is 0 Å². The molecule has 0 spiro atoms. The number of benzene rings is 3. The maximum atomic E-state index is 13.4. The van der Waals surface area contributed by atoms with Gasteiger partial charge in [0.1, 0.15) is 5.82 Å². The lowest BCUT2D eigenvalue weighted by molar-refractivity contribution is -0.116. The summed E-state index contributed by atoms with van der Waals surface area (Å²) in [5, 5.41) is 2.66. The van der Waals surface area contributed by atoms with E-state index in [1.54, 1.807) is 24.3 Å². The highest BCUT2D eigenvalue weighted by molar-refractivity contribution is 7.89. The maximum absolute atomic E-state index is 13.4. The molecular weight excluding hydrogens is 483 g/mol. The first kappa shape index (κ1) is 27.0. The average molecular weight is 513 g/mol. The van der Waals surface area contributed by atoms with Crippen LogP contribution < -0.4 is 5.32 Å². The standard InChI is InChI=1S/C27H29FN2O5S/c1-3-4-17-35-27(32)22-9-13-24(14-10-22)29-26(31)19-30(18-21-7-11-23(28)12-8-21)36(33,34)25-15-5-20(2)6-16-25/h5-16H,3-4,17-19H2,1-2H3,(H,29,31). The molecule has 3 aromatic carbocycles. The van der Waals surface area contributed by atoms with Gasteiger partial charge < -0.3 is 10.1 Å². The van der Waals surface area contributed by atoms with Crippen molar-refractivity contribution in [3.8, 4) is 0 Å². The molecular formula is C27H29FN2O5S. The summed E-state index contributed by atoms with van der Waals surface area (Å²) in [6, 6.07) is 17.9. The third-order valence-corrected chi connectivity index (χ3v) is 7.19. The number of hydrogen-bond acceptors (Lipinski definition) is 5. The predicted octanol–water partition coefficient (Wildman–Crippen LogP) is 4.92. The fourth-order valence-corrected chi connectivity index (χ4v) is 4.71. The third-order valence-electron chi connectivity index (χ3n) is 5.39. The lowest BCUT2D eigenvalue weighted by Gasteiger charge is -2.22. The summed E-state index contributed by atoms with van der Waals surface area (Å²) in [5.74, 6) is -1.45. The molecule has 7 nitrogen and oxygen atoms in total. The summed E-state index contributed by atoms with van der Waals surface area (Å²) in [4.78, 5) is 24.9. The molecule has 1 N–H and O–H groups in total. The number of esters is 1. The summed E-state index contributed by atoms with van der Waals surface area (Å²) in [6.45, 7) is 3.60. The van der Waals surface area contributed by atoms with E-state index in [-0.39, 0.29) is 11.4 Å². The number of nitrogens with one attached hydrogen (secondary N) is 1. The van der Waals surface area contributed by atoms with Crippen molar-refractivity contribution in [3.05, 3.63) is 95.3 Å². The van der Waals surface area contributed by atoms with Gasteiger partial charge in [-0.1, -0.05) is 43.2 Å². The Morgan fingerprint density at radius 3 is 2.19 bits per heavy atom. The minimum atomic E-state index is -4.03. The van der Waals surface area contributed by atoms with Crippen LogP contribution in [0.4, 0.5) is 10.1 Å². The molecule has 0 fully saturated rings. The second-order valence-electron chi connectivity index (χ2n) is 8.33. The molecule has 3 rings (SSSR count). The number of carbonyl (C=O) groups excluding carboxylic acids is 2. The number of sulfonamides is 1. The van der Waals surface area contributed by atoms with Crippen LogP contribution >= 0.6 is 0 Å². The van der Waals surface area contributed by atoms with Gasteiger partial charge >= 0.3 is 5.97 Å². The predicted molar refractivity (Wildman–Crippen MR) is 135 cm³/mol. The summed E-state index contributed by atoms with van der Waals surface area (Å²) in [5.41, 5.74) is 2.18. The zero-order valence-corrected chi connectivity index (χ0v) is 21.1. The monoisotopic (exact) mass is 512 g/mol. The van der Waals surface area contributed by atoms with Crippen LogP contribution in [0.5, 0.6) is 0 Å². The van der Waals surface area contributed by atoms with Gasteiger partial charge in [0.25, 0.3) is 0 Å². The Kier molecular flexibility index (Phi) is 9.32. The Labute approximate surface area is 211 Å². The number of ether oxygens (including phenoxy) is 1. The number of hydrogen-bond donors (Lipinski definition) is 1. The van der Waals surface area contributed by atoms with Crippen LogP contribution in [-0.4, -0.2) is 37.8 Å². The molecule has 0 heterocycles. The maximum Gasteiger partial charge on any atom is 0.338 e. The van der Waals surface area contributed by atoms with Crippen molar-refractivity contribution >= 4 is 27.6 Å². The lowest BCUT2D eigenvalue weighted by atomic mass is 10.2. The molecule has 0 saturated heterocycles. The van der Waals surface area contributed by atoms with E-state index in [9.17, 15) is 22.4 Å². The third kappa shape index (κ3) is 7.47. The Balaban J connectivity index is 1.74. The van der Waals surface area contributed by atoms with Crippen LogP contribution in [0, 0.1) is 12.7 Å². The fourth-order valence-electron chi connectivity index (χ4n) is 3.32. The molecule has 0 saturated carbocycles. The lowest BCUT2D eigenvalue weighted by Crippen LogP contribution is -2.37. The molecule has 9 heteroatoms. The number of anilines is 1. The molecule has 0 aliphatic rings. The minimum Gasteiger partial charge on any atom is -0.462 e. The van der Waals surface area contributed by atoms with Crippen LogP contribution in [0.1, 0.15) is 41.3 Å². The normalized spacial score (nSPS) is 11.3. The SMILES string of the molecule is CCCCOC(=O)c1ccc(NC(=O)CN(Cc2ccc(F)cc2)S(=O)(=O)c2ccc(C)cc2)cc1. The Hall–Kier alpha value is -3.56. The average Bonchev–Trinajstić information content (AvgIpc) is 2.85. The van der Waals surface area contributed by atoms with Crippen molar-refractivity contribution in [1.29, 1.82) is 0 Å². The number of amides is 1. The molecule has 0 unspecified atom stereocenters. The number of nitrogens with zero attached hydrogens (tertiary/aromatic N) is 1. The highest BCUT2D eigenvalue weighted by Crippen LogP contribution is 2.20. The van der Waals surface area contributed by atoms with E-state index in [0.717, 1.165) is 22.7 Å². The van der Waals surface area contributed by atoms with Gasteiger partial charge in [0.15, 0.2) is 0 Å². The van der Waals surface area contributed by atoms with Crippen LogP contribution in [-0.2, 0) is 26.1 Å². The van der Waals surface area contributed by atoms with Gasteiger partial charge in [-0.25, -0.2) is 17.6 Å². The summed E-state index contributed by atoms with van der Waals surface area (Å²) >= 11 is 0. The van der Waals surface area contributed by atoms with Gasteiger partial charge in [-0.05, 0) is 67.4 Å². The summed E-state index contributed by atoms with van der Waals surface area (Å²) in [6.07, 6.45) is 1.69. The van der Waals surface area contributed by atoms with Gasteiger partial charge in [-0.3, -0.25) is 4.79 Å². The van der Waals surface area contributed by atoms with Gasteiger partial charge in [0, 0.05) is 12.2 Å². The molecule has 0 aromatic heterocycles. The van der Waals surface area contributed by atoms with Crippen molar-refractivity contribution in [2.45, 2.75) is 38.1 Å². The van der Waals surface area contributed by atoms with Gasteiger partial charge in [0.05, 0.1) is 23.6 Å². The Morgan fingerprint density at radius 1 is 0.944 bits per heavy atom. The molecule has 0 radical (unpaired) electrons. The Morgan fingerprint density at radius 2 is 1.58 bits per heavy atom. The first-order valence-electron chi connectivity index (χ1n) is 11.6. The topological polar surface area (TPSA) is 92.8 Å². The van der Waals surface area contributed by atoms with Crippen molar-refractivity contribution in [3.63, 3.8) is 0 Å². The largest absolute Gasteiger partial charge is 0.462 e. The van der Waals surface area contributed by atoms with Crippen LogP contribution in [0.15, 0.2) is 77.7 Å². The second kappa shape index (κ2) is 12.4. The van der Waals surface area contributed by atoms with Crippen molar-refractivity contribution in [1.82, 2.24) is 4.31 Å². The van der Waals surface area contributed by atoms with Crippen LogP contribution in [0.2, 0.25) is 0 Å². The minimum absolute atomic E-state index is 0.0500. The number of unbranched alkanes of at least 4 members (excludes halogenated alkanes) is 1. The molecule has 0 atom stereocenters. The molecule has 36 heavy (non-hydrogen) atoms. The van der Waals surface area contributed by atoms with E-state index in [0.29, 0.717) is 23.4 Å². The molecule has 3 aromatic rings. The van der Waals surface area contributed by atoms with E-state index in [1.165, 1.54) is 48.5 Å². The molecule has 0 aliphatic heterocycles. The highest BCUT2D eigenvalue weighted by atomic mass is 32.2. The number of halogens is 1. The van der Waals surface area contributed by atoms with Crippen molar-refractivity contribution in [2.24, 2.45) is 0 Å². The van der Waals surface area contributed by atoms with Gasteiger partial charge in [0.2, 0.25) is 15.9 Å². The van der Waals surface area contributed by atoms with E-state index in [2.05, 4.69) is 5.32 Å². The number of aryl methyl sites for hydroxylation is 1. The molecule has 1 amide bonds.